The molecule has 0 radical (unpaired) electrons. The van der Waals surface area contributed by atoms with Gasteiger partial charge in [0.25, 0.3) is 0 Å². The van der Waals surface area contributed by atoms with Gasteiger partial charge in [-0.05, 0) is 72.6 Å². The van der Waals surface area contributed by atoms with E-state index < -0.39 is 0 Å². The molecule has 0 N–H and O–H groups in total. The van der Waals surface area contributed by atoms with Crippen molar-refractivity contribution in [3.05, 3.63) is 55.2 Å². The van der Waals surface area contributed by atoms with E-state index in [1.807, 2.05) is 22.9 Å². The van der Waals surface area contributed by atoms with Crippen molar-refractivity contribution in [1.29, 1.82) is 0 Å². The number of halogens is 3. The summed E-state index contributed by atoms with van der Waals surface area (Å²) in [4.78, 5) is 4.65. The zero-order valence-corrected chi connectivity index (χ0v) is 14.4. The Morgan fingerprint density at radius 3 is 2.50 bits per heavy atom. The van der Waals surface area contributed by atoms with Crippen molar-refractivity contribution < 1.29 is 0 Å². The van der Waals surface area contributed by atoms with Crippen LogP contribution in [0.2, 0.25) is 0 Å². The number of rotatable bonds is 1. The molecule has 0 atom stereocenters. The summed E-state index contributed by atoms with van der Waals surface area (Å²) in [6.45, 7) is 0. The van der Waals surface area contributed by atoms with Crippen LogP contribution in [0.4, 0.5) is 0 Å². The van der Waals surface area contributed by atoms with Crippen LogP contribution < -0.4 is 0 Å². The maximum Gasteiger partial charge on any atom is 0.151 e. The summed E-state index contributed by atoms with van der Waals surface area (Å²) in [6.07, 6.45) is 4.04. The lowest BCUT2D eigenvalue weighted by molar-refractivity contribution is 1.17. The number of fused-ring (bicyclic) bond motifs is 1. The van der Waals surface area contributed by atoms with Gasteiger partial charge in [0.15, 0.2) is 5.65 Å². The molecule has 0 spiro atoms. The molecular formula is C13H7Br2IN2. The lowest BCUT2D eigenvalue weighted by Crippen LogP contribution is -1.83. The minimum absolute atomic E-state index is 0.923. The molecule has 0 saturated heterocycles. The molecule has 3 rings (SSSR count). The van der Waals surface area contributed by atoms with Gasteiger partial charge in [-0.15, -0.1) is 0 Å². The van der Waals surface area contributed by atoms with Crippen molar-refractivity contribution >= 4 is 60.1 Å². The van der Waals surface area contributed by atoms with Crippen LogP contribution in [0.1, 0.15) is 0 Å². The summed E-state index contributed by atoms with van der Waals surface area (Å²) >= 11 is 9.31. The van der Waals surface area contributed by atoms with Crippen molar-refractivity contribution in [3.63, 3.8) is 0 Å². The Balaban J connectivity index is 2.19. The molecule has 2 aromatic heterocycles. The number of nitrogens with zero attached hydrogens (tertiary/aromatic N) is 2. The minimum Gasteiger partial charge on any atom is -0.304 e. The molecule has 18 heavy (non-hydrogen) atoms. The molecule has 1 aromatic carbocycles. The highest BCUT2D eigenvalue weighted by molar-refractivity contribution is 14.1. The summed E-state index contributed by atoms with van der Waals surface area (Å²) in [5.74, 6) is 0. The number of hydrogen-bond acceptors (Lipinski definition) is 1. The first-order chi connectivity index (χ1) is 8.63. The third-order valence-corrected chi connectivity index (χ3v) is 4.35. The Morgan fingerprint density at radius 1 is 1.06 bits per heavy atom. The first-order valence-electron chi connectivity index (χ1n) is 5.23. The van der Waals surface area contributed by atoms with E-state index in [4.69, 9.17) is 0 Å². The van der Waals surface area contributed by atoms with Crippen molar-refractivity contribution in [2.45, 2.75) is 0 Å². The third kappa shape index (κ3) is 2.35. The molecule has 0 saturated carbocycles. The quantitative estimate of drug-likeness (QED) is 0.444. The Morgan fingerprint density at radius 2 is 1.78 bits per heavy atom. The molecule has 2 heterocycles. The van der Waals surface area contributed by atoms with Gasteiger partial charge in [0.1, 0.15) is 0 Å². The van der Waals surface area contributed by atoms with Crippen LogP contribution in [0.25, 0.3) is 16.9 Å². The van der Waals surface area contributed by atoms with Gasteiger partial charge in [-0.2, -0.15) is 0 Å². The van der Waals surface area contributed by atoms with Crippen LogP contribution >= 0.6 is 54.5 Å². The Kier molecular flexibility index (Phi) is 3.46. The van der Waals surface area contributed by atoms with Gasteiger partial charge in [-0.3, -0.25) is 0 Å². The van der Waals surface area contributed by atoms with Crippen LogP contribution in [0.5, 0.6) is 0 Å². The molecule has 0 bridgehead atoms. The van der Waals surface area contributed by atoms with Gasteiger partial charge in [-0.25, -0.2) is 4.98 Å². The van der Waals surface area contributed by atoms with Gasteiger partial charge in [0.05, 0.1) is 10.2 Å². The van der Waals surface area contributed by atoms with Crippen molar-refractivity contribution in [2.75, 3.05) is 0 Å². The first kappa shape index (κ1) is 12.6. The predicted molar refractivity (Wildman–Crippen MR) is 88.7 cm³/mol. The lowest BCUT2D eigenvalue weighted by atomic mass is 10.2. The molecule has 3 aromatic rings. The highest BCUT2D eigenvalue weighted by Gasteiger charge is 2.07. The molecule has 0 aliphatic carbocycles. The van der Waals surface area contributed by atoms with E-state index in [0.29, 0.717) is 0 Å². The van der Waals surface area contributed by atoms with Crippen LogP contribution in [-0.4, -0.2) is 9.38 Å². The van der Waals surface area contributed by atoms with E-state index in [1.54, 1.807) is 0 Å². The molecule has 0 aliphatic heterocycles. The summed E-state index contributed by atoms with van der Waals surface area (Å²) in [7, 11) is 0. The molecule has 0 unspecified atom stereocenters. The standard InChI is InChI=1S/C13H7Br2IN2/c14-9-5-11(15)13-17-12(7-18(13)6-9)8-1-3-10(16)4-2-8/h1-7H. The normalized spacial score (nSPS) is 11.1. The maximum absolute atomic E-state index is 4.65. The number of imidazole rings is 1. The van der Waals surface area contributed by atoms with E-state index >= 15 is 0 Å². The van der Waals surface area contributed by atoms with Crippen LogP contribution in [-0.2, 0) is 0 Å². The fourth-order valence-corrected chi connectivity index (χ4v) is 3.44. The van der Waals surface area contributed by atoms with Crippen molar-refractivity contribution in [2.24, 2.45) is 0 Å². The second-order valence-corrected chi connectivity index (χ2v) is 6.89. The fraction of sp³-hybridized carbons (Fsp3) is 0. The zero-order valence-electron chi connectivity index (χ0n) is 9.07. The number of hydrogen-bond donors (Lipinski definition) is 0. The van der Waals surface area contributed by atoms with E-state index in [0.717, 1.165) is 25.8 Å². The largest absolute Gasteiger partial charge is 0.304 e. The van der Waals surface area contributed by atoms with Crippen molar-refractivity contribution in [1.82, 2.24) is 9.38 Å². The van der Waals surface area contributed by atoms with Crippen molar-refractivity contribution in [3.8, 4) is 11.3 Å². The summed E-state index contributed by atoms with van der Waals surface area (Å²) in [6, 6.07) is 10.4. The summed E-state index contributed by atoms with van der Waals surface area (Å²) < 4.78 is 5.24. The van der Waals surface area contributed by atoms with Gasteiger partial charge < -0.3 is 4.40 Å². The van der Waals surface area contributed by atoms with Gasteiger partial charge >= 0.3 is 0 Å². The Labute approximate surface area is 135 Å². The summed E-state index contributed by atoms with van der Waals surface area (Å²) in [5, 5.41) is 0. The molecule has 0 amide bonds. The molecule has 0 aliphatic rings. The van der Waals surface area contributed by atoms with E-state index in [-0.39, 0.29) is 0 Å². The number of pyridine rings is 1. The summed E-state index contributed by atoms with van der Waals surface area (Å²) in [5.41, 5.74) is 3.03. The first-order valence-corrected chi connectivity index (χ1v) is 7.89. The molecule has 0 fully saturated rings. The smallest absolute Gasteiger partial charge is 0.151 e. The van der Waals surface area contributed by atoms with E-state index in [1.165, 1.54) is 3.57 Å². The van der Waals surface area contributed by atoms with Gasteiger partial charge in [0, 0.05) is 26.0 Å². The predicted octanol–water partition coefficient (Wildman–Crippen LogP) is 5.13. The second kappa shape index (κ2) is 4.94. The van der Waals surface area contributed by atoms with Gasteiger partial charge in [-0.1, -0.05) is 12.1 Å². The topological polar surface area (TPSA) is 17.3 Å². The molecule has 90 valence electrons. The van der Waals surface area contributed by atoms with Crippen LogP contribution in [0, 0.1) is 3.57 Å². The monoisotopic (exact) mass is 476 g/mol. The fourth-order valence-electron chi connectivity index (χ4n) is 1.78. The van der Waals surface area contributed by atoms with E-state index in [9.17, 15) is 0 Å². The highest BCUT2D eigenvalue weighted by atomic mass is 127. The highest BCUT2D eigenvalue weighted by Crippen LogP contribution is 2.26. The Bertz CT molecular complexity index is 720. The third-order valence-electron chi connectivity index (χ3n) is 2.61. The van der Waals surface area contributed by atoms with E-state index in [2.05, 4.69) is 83.7 Å². The molecule has 5 heteroatoms. The average molecular weight is 478 g/mol. The maximum atomic E-state index is 4.65. The average Bonchev–Trinajstić information content (AvgIpc) is 2.74. The van der Waals surface area contributed by atoms with Gasteiger partial charge in [0.2, 0.25) is 0 Å². The van der Waals surface area contributed by atoms with Crippen LogP contribution in [0.3, 0.4) is 0 Å². The second-order valence-electron chi connectivity index (χ2n) is 3.87. The molecule has 2 nitrogen and oxygen atoms in total. The van der Waals surface area contributed by atoms with Crippen LogP contribution in [0.15, 0.2) is 51.7 Å². The zero-order chi connectivity index (χ0) is 12.7. The number of benzene rings is 1. The Hall–Kier alpha value is -0.400. The minimum atomic E-state index is 0.923. The number of aromatic nitrogens is 2. The SMILES string of the molecule is Brc1cc(Br)c2nc(-c3ccc(I)cc3)cn2c1. The molecular weight excluding hydrogens is 471 g/mol. The lowest BCUT2D eigenvalue weighted by Gasteiger charge is -1.96.